The highest BCUT2D eigenvalue weighted by Crippen LogP contribution is 2.14. The number of pyridine rings is 1. The molecule has 0 amide bonds. The number of aromatic nitrogens is 2. The van der Waals surface area contributed by atoms with E-state index in [1.54, 1.807) is 10.5 Å². The summed E-state index contributed by atoms with van der Waals surface area (Å²) in [6, 6.07) is 13.9. The molecule has 0 atom stereocenters. The lowest BCUT2D eigenvalue weighted by Gasteiger charge is -2.09. The summed E-state index contributed by atoms with van der Waals surface area (Å²) in [7, 11) is 0. The molecule has 2 aromatic heterocycles. The average Bonchev–Trinajstić information content (AvgIpc) is 2.59. The highest BCUT2D eigenvalue weighted by molar-refractivity contribution is 5.46. The van der Waals surface area contributed by atoms with Crippen molar-refractivity contribution in [3.8, 4) is 0 Å². The van der Waals surface area contributed by atoms with E-state index in [4.69, 9.17) is 0 Å². The van der Waals surface area contributed by atoms with Gasteiger partial charge in [0.2, 0.25) is 0 Å². The molecule has 0 aliphatic rings. The first kappa shape index (κ1) is 17.2. The molecule has 4 heteroatoms. The number of anilines is 1. The number of nitrogens with one attached hydrogen (secondary N) is 1. The molecule has 0 radical (unpaired) electrons. The number of hydrogen-bond donors (Lipinski definition) is 1. The Morgan fingerprint density at radius 2 is 1.88 bits per heavy atom. The van der Waals surface area contributed by atoms with E-state index in [1.165, 1.54) is 12.0 Å². The predicted octanol–water partition coefficient (Wildman–Crippen LogP) is 4.20. The Balaban J connectivity index is 1.68. The molecule has 0 saturated heterocycles. The fourth-order valence-electron chi connectivity index (χ4n) is 2.79. The molecule has 25 heavy (non-hydrogen) atoms. The summed E-state index contributed by atoms with van der Waals surface area (Å²) in [5.41, 5.74) is 4.82. The minimum absolute atomic E-state index is 0.0467. The van der Waals surface area contributed by atoms with Crippen LogP contribution in [0, 0.1) is 12.8 Å². The Labute approximate surface area is 148 Å². The number of nitrogens with zero attached hydrogens (tertiary/aromatic N) is 2. The van der Waals surface area contributed by atoms with Crippen LogP contribution in [-0.4, -0.2) is 9.38 Å². The van der Waals surface area contributed by atoms with Gasteiger partial charge >= 0.3 is 0 Å². The molecule has 2 heterocycles. The van der Waals surface area contributed by atoms with Crippen LogP contribution in [0.15, 0.2) is 53.5 Å². The van der Waals surface area contributed by atoms with Crippen LogP contribution in [0.4, 0.5) is 5.69 Å². The second kappa shape index (κ2) is 7.51. The van der Waals surface area contributed by atoms with Gasteiger partial charge in [-0.3, -0.25) is 9.20 Å². The molecule has 0 aliphatic heterocycles. The van der Waals surface area contributed by atoms with Gasteiger partial charge in [0.25, 0.3) is 5.56 Å². The normalized spacial score (nSPS) is 11.2. The minimum atomic E-state index is -0.0467. The van der Waals surface area contributed by atoms with E-state index in [0.717, 1.165) is 29.3 Å². The number of rotatable bonds is 6. The molecule has 130 valence electrons. The first-order valence-corrected chi connectivity index (χ1v) is 8.83. The highest BCUT2D eigenvalue weighted by atomic mass is 16.1. The molecule has 4 nitrogen and oxygen atoms in total. The quantitative estimate of drug-likeness (QED) is 0.734. The lowest BCUT2D eigenvalue weighted by Crippen LogP contribution is -2.17. The van der Waals surface area contributed by atoms with Gasteiger partial charge in [0.1, 0.15) is 5.65 Å². The van der Waals surface area contributed by atoms with Crippen molar-refractivity contribution in [3.05, 3.63) is 75.8 Å². The smallest absolute Gasteiger partial charge is 0.258 e. The topological polar surface area (TPSA) is 46.4 Å². The van der Waals surface area contributed by atoms with Crippen LogP contribution >= 0.6 is 0 Å². The van der Waals surface area contributed by atoms with Gasteiger partial charge in [0, 0.05) is 18.0 Å². The molecule has 0 bridgehead atoms. The molecule has 0 spiro atoms. The molecule has 0 fully saturated rings. The van der Waals surface area contributed by atoms with E-state index >= 15 is 0 Å². The Hall–Kier alpha value is -2.62. The van der Waals surface area contributed by atoms with Gasteiger partial charge in [0.15, 0.2) is 0 Å². The maximum absolute atomic E-state index is 12.2. The Bertz CT molecular complexity index is 911. The summed E-state index contributed by atoms with van der Waals surface area (Å²) >= 11 is 0. The Morgan fingerprint density at radius 3 is 2.60 bits per heavy atom. The van der Waals surface area contributed by atoms with Crippen molar-refractivity contribution in [3.63, 3.8) is 0 Å². The van der Waals surface area contributed by atoms with Crippen LogP contribution in [0.5, 0.6) is 0 Å². The lowest BCUT2D eigenvalue weighted by atomic mass is 10.0. The SMILES string of the molecule is Cc1ccc2nc(CNc3ccc(CCC(C)C)cc3)cc(=O)n2c1. The summed E-state index contributed by atoms with van der Waals surface area (Å²) in [5.74, 6) is 0.722. The van der Waals surface area contributed by atoms with E-state index in [-0.39, 0.29) is 5.56 Å². The number of fused-ring (bicyclic) bond motifs is 1. The zero-order valence-corrected chi connectivity index (χ0v) is 15.1. The van der Waals surface area contributed by atoms with Crippen molar-refractivity contribution in [2.24, 2.45) is 5.92 Å². The predicted molar refractivity (Wildman–Crippen MR) is 103 cm³/mol. The van der Waals surface area contributed by atoms with E-state index in [9.17, 15) is 4.79 Å². The third kappa shape index (κ3) is 4.47. The first-order valence-electron chi connectivity index (χ1n) is 8.83. The summed E-state index contributed by atoms with van der Waals surface area (Å²) in [6.07, 6.45) is 4.13. The van der Waals surface area contributed by atoms with Crippen LogP contribution < -0.4 is 10.9 Å². The van der Waals surface area contributed by atoms with Crippen LogP contribution in [0.2, 0.25) is 0 Å². The van der Waals surface area contributed by atoms with Crippen molar-refractivity contribution >= 4 is 11.3 Å². The second-order valence-electron chi connectivity index (χ2n) is 7.00. The standard InChI is InChI=1S/C21H25N3O/c1-15(2)4-6-17-7-9-18(10-8-17)22-13-19-12-21(25)24-14-16(3)5-11-20(24)23-19/h5,7-12,14-15,22H,4,6,13H2,1-3H3. The van der Waals surface area contributed by atoms with Crippen LogP contribution in [0.1, 0.15) is 37.1 Å². The van der Waals surface area contributed by atoms with Crippen LogP contribution in [0.25, 0.3) is 5.65 Å². The van der Waals surface area contributed by atoms with Gasteiger partial charge in [-0.1, -0.05) is 32.0 Å². The van der Waals surface area contributed by atoms with Gasteiger partial charge < -0.3 is 5.32 Å². The van der Waals surface area contributed by atoms with E-state index in [2.05, 4.69) is 48.4 Å². The van der Waals surface area contributed by atoms with E-state index in [0.29, 0.717) is 12.2 Å². The summed E-state index contributed by atoms with van der Waals surface area (Å²) in [5, 5.41) is 3.35. The monoisotopic (exact) mass is 335 g/mol. The molecule has 3 aromatic rings. The zero-order chi connectivity index (χ0) is 17.8. The molecule has 3 rings (SSSR count). The Kier molecular flexibility index (Phi) is 5.17. The van der Waals surface area contributed by atoms with Crippen LogP contribution in [0.3, 0.4) is 0 Å². The van der Waals surface area contributed by atoms with Crippen molar-refractivity contribution in [1.29, 1.82) is 0 Å². The molecule has 1 aromatic carbocycles. The van der Waals surface area contributed by atoms with Crippen molar-refractivity contribution in [2.45, 2.75) is 40.2 Å². The summed E-state index contributed by atoms with van der Waals surface area (Å²) in [4.78, 5) is 16.8. The first-order chi connectivity index (χ1) is 12.0. The van der Waals surface area contributed by atoms with E-state index in [1.807, 2.05) is 25.3 Å². The average molecular weight is 335 g/mol. The maximum Gasteiger partial charge on any atom is 0.258 e. The molecular weight excluding hydrogens is 310 g/mol. The number of aryl methyl sites for hydroxylation is 2. The third-order valence-electron chi connectivity index (χ3n) is 4.30. The fourth-order valence-corrected chi connectivity index (χ4v) is 2.79. The summed E-state index contributed by atoms with van der Waals surface area (Å²) < 4.78 is 1.59. The van der Waals surface area contributed by atoms with Crippen molar-refractivity contribution < 1.29 is 0 Å². The minimum Gasteiger partial charge on any atom is -0.379 e. The maximum atomic E-state index is 12.2. The molecule has 0 unspecified atom stereocenters. The second-order valence-corrected chi connectivity index (χ2v) is 7.00. The van der Waals surface area contributed by atoms with E-state index < -0.39 is 0 Å². The van der Waals surface area contributed by atoms with Gasteiger partial charge in [-0.25, -0.2) is 4.98 Å². The molecule has 1 N–H and O–H groups in total. The van der Waals surface area contributed by atoms with Crippen molar-refractivity contribution in [2.75, 3.05) is 5.32 Å². The third-order valence-corrected chi connectivity index (χ3v) is 4.30. The molecule has 0 saturated carbocycles. The van der Waals surface area contributed by atoms with Crippen molar-refractivity contribution in [1.82, 2.24) is 9.38 Å². The number of benzene rings is 1. The highest BCUT2D eigenvalue weighted by Gasteiger charge is 2.03. The zero-order valence-electron chi connectivity index (χ0n) is 15.1. The summed E-state index contributed by atoms with van der Waals surface area (Å²) in [6.45, 7) is 6.99. The molecular formula is C21H25N3O. The number of hydrogen-bond acceptors (Lipinski definition) is 3. The molecule has 0 aliphatic carbocycles. The Morgan fingerprint density at radius 1 is 1.12 bits per heavy atom. The largest absolute Gasteiger partial charge is 0.379 e. The lowest BCUT2D eigenvalue weighted by molar-refractivity contribution is 0.587. The van der Waals surface area contributed by atoms with Gasteiger partial charge in [0.05, 0.1) is 12.2 Å². The van der Waals surface area contributed by atoms with Gasteiger partial charge in [-0.15, -0.1) is 0 Å². The fraction of sp³-hybridized carbons (Fsp3) is 0.333. The van der Waals surface area contributed by atoms with Gasteiger partial charge in [-0.2, -0.15) is 0 Å². The van der Waals surface area contributed by atoms with Gasteiger partial charge in [-0.05, 0) is 55.0 Å². The van der Waals surface area contributed by atoms with Crippen LogP contribution in [-0.2, 0) is 13.0 Å².